The number of aliphatic hydroxyl groups excluding tert-OH is 1. The highest BCUT2D eigenvalue weighted by molar-refractivity contribution is 6.50. The second-order valence-corrected chi connectivity index (χ2v) is 7.72. The Kier molecular flexibility index (Phi) is 6.45. The van der Waals surface area contributed by atoms with Crippen molar-refractivity contribution < 1.29 is 19.4 Å². The third-order valence-electron chi connectivity index (χ3n) is 4.43. The standard InChI is InChI=1S/C20H16Cl2N4O5/c1-10(2)13-5-12(8-25(9-27)20(13)30)31-19-14(21)3-11(4-15(19)22)26-18(29)6-17(28)16(7-23)24-26/h3-5,8,10,27H,6,9H2,1-2H3. The van der Waals surface area contributed by atoms with E-state index in [1.165, 1.54) is 24.4 Å². The van der Waals surface area contributed by atoms with Crippen LogP contribution < -0.4 is 15.3 Å². The number of nitrogens with zero attached hydrogens (tertiary/aromatic N) is 4. The van der Waals surface area contributed by atoms with Gasteiger partial charge >= 0.3 is 0 Å². The van der Waals surface area contributed by atoms with Gasteiger partial charge in [0.05, 0.1) is 28.4 Å². The van der Waals surface area contributed by atoms with Gasteiger partial charge in [0.2, 0.25) is 11.5 Å². The Labute approximate surface area is 186 Å². The van der Waals surface area contributed by atoms with Crippen molar-refractivity contribution >= 4 is 46.3 Å². The minimum atomic E-state index is -0.666. The number of aliphatic hydroxyl groups is 1. The predicted molar refractivity (Wildman–Crippen MR) is 114 cm³/mol. The summed E-state index contributed by atoms with van der Waals surface area (Å²) in [6, 6.07) is 5.87. The van der Waals surface area contributed by atoms with E-state index in [9.17, 15) is 19.5 Å². The molecule has 3 rings (SSSR count). The lowest BCUT2D eigenvalue weighted by atomic mass is 10.1. The molecule has 1 aliphatic rings. The van der Waals surface area contributed by atoms with Crippen LogP contribution in [0.1, 0.15) is 31.7 Å². The van der Waals surface area contributed by atoms with Gasteiger partial charge in [-0.25, -0.2) is 0 Å². The number of carbonyl (C=O) groups excluding carboxylic acids is 2. The molecule has 9 nitrogen and oxygen atoms in total. The smallest absolute Gasteiger partial charge is 0.256 e. The Balaban J connectivity index is 2.01. The fourth-order valence-electron chi connectivity index (χ4n) is 2.88. The first kappa shape index (κ1) is 22.5. The molecule has 1 amide bonds. The molecule has 2 heterocycles. The Morgan fingerprint density at radius 2 is 1.87 bits per heavy atom. The van der Waals surface area contributed by atoms with Crippen LogP contribution >= 0.6 is 23.2 Å². The molecular weight excluding hydrogens is 447 g/mol. The number of ether oxygens (including phenoxy) is 1. The van der Waals surface area contributed by atoms with Crippen molar-refractivity contribution in [2.75, 3.05) is 5.01 Å². The number of hydrogen-bond donors (Lipinski definition) is 1. The molecular formula is C20H16Cl2N4O5. The molecule has 0 fully saturated rings. The van der Waals surface area contributed by atoms with Crippen molar-refractivity contribution in [3.8, 4) is 17.6 Å². The molecule has 1 aromatic heterocycles. The Morgan fingerprint density at radius 1 is 1.23 bits per heavy atom. The number of carbonyl (C=O) groups is 2. The van der Waals surface area contributed by atoms with E-state index >= 15 is 0 Å². The SMILES string of the molecule is CC(C)c1cc(Oc2c(Cl)cc(N3N=C(C#N)C(=O)CC3=O)cc2Cl)cn(CO)c1=O. The van der Waals surface area contributed by atoms with Crippen molar-refractivity contribution in [1.82, 2.24) is 4.57 Å². The van der Waals surface area contributed by atoms with Crippen molar-refractivity contribution in [3.63, 3.8) is 0 Å². The van der Waals surface area contributed by atoms with Gasteiger partial charge in [-0.15, -0.1) is 0 Å². The average molecular weight is 463 g/mol. The summed E-state index contributed by atoms with van der Waals surface area (Å²) in [5.41, 5.74) is -0.172. The van der Waals surface area contributed by atoms with Crippen LogP contribution in [0.2, 0.25) is 10.0 Å². The first-order valence-corrected chi connectivity index (χ1v) is 9.78. The lowest BCUT2D eigenvalue weighted by molar-refractivity contribution is -0.124. The van der Waals surface area contributed by atoms with E-state index in [4.69, 9.17) is 33.2 Å². The monoisotopic (exact) mass is 462 g/mol. The number of ketones is 1. The number of amides is 1. The predicted octanol–water partition coefficient (Wildman–Crippen LogP) is 3.21. The summed E-state index contributed by atoms with van der Waals surface area (Å²) in [6.07, 6.45) is 0.818. The Morgan fingerprint density at radius 3 is 2.42 bits per heavy atom. The molecule has 0 saturated carbocycles. The minimum Gasteiger partial charge on any atom is -0.453 e. The molecule has 0 unspecified atom stereocenters. The van der Waals surface area contributed by atoms with Gasteiger partial charge in [-0.05, 0) is 24.1 Å². The quantitative estimate of drug-likeness (QED) is 0.679. The number of pyridine rings is 1. The molecule has 1 N–H and O–H groups in total. The highest BCUT2D eigenvalue weighted by Gasteiger charge is 2.29. The van der Waals surface area contributed by atoms with Crippen LogP contribution in [0, 0.1) is 11.3 Å². The second kappa shape index (κ2) is 8.89. The summed E-state index contributed by atoms with van der Waals surface area (Å²) >= 11 is 12.6. The van der Waals surface area contributed by atoms with Gasteiger partial charge in [0.1, 0.15) is 18.5 Å². The van der Waals surface area contributed by atoms with Gasteiger partial charge in [-0.1, -0.05) is 37.0 Å². The lowest BCUT2D eigenvalue weighted by Crippen LogP contribution is -2.36. The largest absolute Gasteiger partial charge is 0.453 e. The highest BCUT2D eigenvalue weighted by Crippen LogP contribution is 2.40. The van der Waals surface area contributed by atoms with Crippen LogP contribution in [-0.4, -0.2) is 27.1 Å². The molecule has 1 aromatic carbocycles. The number of nitriles is 1. The van der Waals surface area contributed by atoms with Gasteiger partial charge in [0.15, 0.2) is 5.75 Å². The molecule has 1 aliphatic heterocycles. The molecule has 31 heavy (non-hydrogen) atoms. The first-order chi connectivity index (χ1) is 14.7. The number of anilines is 1. The van der Waals surface area contributed by atoms with Crippen LogP contribution in [0.5, 0.6) is 11.5 Å². The zero-order valence-corrected chi connectivity index (χ0v) is 17.9. The number of Topliss-reactive ketones (excluding diaryl/α,β-unsaturated/α-hetero) is 1. The van der Waals surface area contributed by atoms with Crippen LogP contribution in [0.3, 0.4) is 0 Å². The van der Waals surface area contributed by atoms with E-state index in [-0.39, 0.29) is 38.7 Å². The molecule has 160 valence electrons. The van der Waals surface area contributed by atoms with Crippen LogP contribution in [-0.2, 0) is 16.3 Å². The van der Waals surface area contributed by atoms with Crippen LogP contribution in [0.25, 0.3) is 0 Å². The number of aromatic nitrogens is 1. The molecule has 0 aliphatic carbocycles. The maximum absolute atomic E-state index is 12.3. The van der Waals surface area contributed by atoms with E-state index in [0.717, 1.165) is 9.58 Å². The normalized spacial score (nSPS) is 14.0. The summed E-state index contributed by atoms with van der Waals surface area (Å²) in [7, 11) is 0. The highest BCUT2D eigenvalue weighted by atomic mass is 35.5. The van der Waals surface area contributed by atoms with Crippen molar-refractivity contribution in [2.24, 2.45) is 5.10 Å². The summed E-state index contributed by atoms with van der Waals surface area (Å²) in [6.45, 7) is 3.12. The second-order valence-electron chi connectivity index (χ2n) is 6.91. The molecule has 0 bridgehead atoms. The van der Waals surface area contributed by atoms with Crippen molar-refractivity contribution in [1.29, 1.82) is 5.26 Å². The molecule has 0 saturated heterocycles. The fraction of sp³-hybridized carbons (Fsp3) is 0.250. The number of benzene rings is 1. The van der Waals surface area contributed by atoms with Crippen molar-refractivity contribution in [3.05, 3.63) is 50.4 Å². The first-order valence-electron chi connectivity index (χ1n) is 9.03. The molecule has 2 aromatic rings. The maximum atomic E-state index is 12.3. The Hall–Kier alpha value is -3.19. The van der Waals surface area contributed by atoms with Gasteiger partial charge in [0, 0.05) is 5.56 Å². The van der Waals surface area contributed by atoms with Gasteiger partial charge < -0.3 is 9.84 Å². The number of hydrazone groups is 1. The summed E-state index contributed by atoms with van der Waals surface area (Å²) in [4.78, 5) is 36.1. The number of halogens is 2. The zero-order chi connectivity index (χ0) is 22.9. The summed E-state index contributed by atoms with van der Waals surface area (Å²) < 4.78 is 6.86. The van der Waals surface area contributed by atoms with Crippen LogP contribution in [0.4, 0.5) is 5.69 Å². The number of rotatable bonds is 5. The van der Waals surface area contributed by atoms with E-state index in [2.05, 4.69) is 5.10 Å². The lowest BCUT2D eigenvalue weighted by Gasteiger charge is -2.22. The molecule has 0 radical (unpaired) electrons. The van der Waals surface area contributed by atoms with Gasteiger partial charge in [-0.3, -0.25) is 19.0 Å². The zero-order valence-electron chi connectivity index (χ0n) is 16.4. The maximum Gasteiger partial charge on any atom is 0.256 e. The molecule has 0 atom stereocenters. The van der Waals surface area contributed by atoms with E-state index in [1.807, 2.05) is 13.8 Å². The van der Waals surface area contributed by atoms with E-state index < -0.39 is 30.6 Å². The number of hydrogen-bond acceptors (Lipinski definition) is 7. The Bertz CT molecular complexity index is 1190. The topological polar surface area (TPSA) is 125 Å². The average Bonchev–Trinajstić information content (AvgIpc) is 2.71. The fourth-order valence-corrected chi connectivity index (χ4v) is 3.44. The van der Waals surface area contributed by atoms with Crippen LogP contribution in [0.15, 0.2) is 34.3 Å². The van der Waals surface area contributed by atoms with Crippen molar-refractivity contribution in [2.45, 2.75) is 32.9 Å². The minimum absolute atomic E-state index is 0.0220. The third kappa shape index (κ3) is 4.46. The van der Waals surface area contributed by atoms with E-state index in [0.29, 0.717) is 5.56 Å². The summed E-state index contributed by atoms with van der Waals surface area (Å²) in [5.74, 6) is -1.15. The molecule has 0 spiro atoms. The molecule has 11 heteroatoms. The summed E-state index contributed by atoms with van der Waals surface area (Å²) in [5, 5.41) is 23.1. The van der Waals surface area contributed by atoms with E-state index in [1.54, 1.807) is 6.07 Å². The van der Waals surface area contributed by atoms with Gasteiger partial charge in [0.25, 0.3) is 11.5 Å². The third-order valence-corrected chi connectivity index (χ3v) is 4.99. The van der Waals surface area contributed by atoms with Gasteiger partial charge in [-0.2, -0.15) is 15.4 Å².